The standard InChI is InChI=1S/C15H10Cl2N2O5/c16-9-1-3-11(17)14(7-9)23-6-5-18-12-8-10(19(21)22)2-4-13(12)24-15(18)20/h1-4,7-8H,5-6H2. The van der Waals surface area contributed by atoms with E-state index >= 15 is 0 Å². The Hall–Kier alpha value is -2.51. The van der Waals surface area contributed by atoms with Gasteiger partial charge in [0.05, 0.1) is 22.0 Å². The normalized spacial score (nSPS) is 10.9. The molecule has 0 saturated carbocycles. The molecule has 0 aliphatic carbocycles. The van der Waals surface area contributed by atoms with Crippen LogP contribution in [0.1, 0.15) is 0 Å². The fraction of sp³-hybridized carbons (Fsp3) is 0.133. The quantitative estimate of drug-likeness (QED) is 0.503. The highest BCUT2D eigenvalue weighted by Crippen LogP contribution is 2.27. The third kappa shape index (κ3) is 3.22. The van der Waals surface area contributed by atoms with Crippen LogP contribution in [-0.2, 0) is 6.54 Å². The van der Waals surface area contributed by atoms with Crippen molar-refractivity contribution in [3.63, 3.8) is 0 Å². The summed E-state index contributed by atoms with van der Waals surface area (Å²) in [5, 5.41) is 11.7. The monoisotopic (exact) mass is 368 g/mol. The van der Waals surface area contributed by atoms with Crippen LogP contribution in [-0.4, -0.2) is 16.1 Å². The molecule has 0 unspecified atom stereocenters. The number of halogens is 2. The van der Waals surface area contributed by atoms with E-state index in [9.17, 15) is 14.9 Å². The van der Waals surface area contributed by atoms with Crippen molar-refractivity contribution in [2.45, 2.75) is 6.54 Å². The molecule has 0 aliphatic heterocycles. The van der Waals surface area contributed by atoms with Crippen molar-refractivity contribution in [3.05, 3.63) is 67.1 Å². The first-order chi connectivity index (χ1) is 11.5. The summed E-state index contributed by atoms with van der Waals surface area (Å²) in [5.74, 6) is -0.234. The van der Waals surface area contributed by atoms with Crippen LogP contribution in [0.2, 0.25) is 10.0 Å². The average Bonchev–Trinajstić information content (AvgIpc) is 2.85. The molecule has 24 heavy (non-hydrogen) atoms. The topological polar surface area (TPSA) is 87.5 Å². The van der Waals surface area contributed by atoms with Crippen LogP contribution >= 0.6 is 23.2 Å². The van der Waals surface area contributed by atoms with Gasteiger partial charge in [-0.25, -0.2) is 4.79 Å². The van der Waals surface area contributed by atoms with E-state index in [0.717, 1.165) is 0 Å². The molecule has 0 radical (unpaired) electrons. The van der Waals surface area contributed by atoms with Gasteiger partial charge in [-0.1, -0.05) is 23.2 Å². The van der Waals surface area contributed by atoms with Crippen molar-refractivity contribution in [1.29, 1.82) is 0 Å². The Morgan fingerprint density at radius 2 is 2.00 bits per heavy atom. The fourth-order valence-corrected chi connectivity index (χ4v) is 2.54. The number of rotatable bonds is 5. The second-order valence-electron chi connectivity index (χ2n) is 4.85. The van der Waals surface area contributed by atoms with Gasteiger partial charge in [-0.3, -0.25) is 14.7 Å². The lowest BCUT2D eigenvalue weighted by Gasteiger charge is -2.08. The van der Waals surface area contributed by atoms with Gasteiger partial charge in [-0.05, 0) is 18.2 Å². The minimum Gasteiger partial charge on any atom is -0.490 e. The van der Waals surface area contributed by atoms with E-state index in [1.807, 2.05) is 0 Å². The van der Waals surface area contributed by atoms with Gasteiger partial charge >= 0.3 is 5.76 Å². The van der Waals surface area contributed by atoms with Crippen molar-refractivity contribution in [2.24, 2.45) is 0 Å². The summed E-state index contributed by atoms with van der Waals surface area (Å²) in [5.41, 5.74) is 0.470. The smallest absolute Gasteiger partial charge is 0.420 e. The third-order valence-electron chi connectivity index (χ3n) is 3.33. The molecule has 0 fully saturated rings. The predicted molar refractivity (Wildman–Crippen MR) is 89.1 cm³/mol. The van der Waals surface area contributed by atoms with Crippen LogP contribution in [0.4, 0.5) is 5.69 Å². The molecule has 1 heterocycles. The lowest BCUT2D eigenvalue weighted by atomic mass is 10.3. The molecule has 0 amide bonds. The maximum Gasteiger partial charge on any atom is 0.420 e. The van der Waals surface area contributed by atoms with Gasteiger partial charge in [0.15, 0.2) is 5.58 Å². The molecule has 0 saturated heterocycles. The highest BCUT2D eigenvalue weighted by molar-refractivity contribution is 6.34. The molecular weight excluding hydrogens is 359 g/mol. The Labute approximate surface area is 145 Å². The van der Waals surface area contributed by atoms with Gasteiger partial charge in [-0.2, -0.15) is 0 Å². The van der Waals surface area contributed by atoms with Crippen molar-refractivity contribution >= 4 is 40.0 Å². The minimum atomic E-state index is -0.619. The van der Waals surface area contributed by atoms with Crippen molar-refractivity contribution in [1.82, 2.24) is 4.57 Å². The molecule has 7 nitrogen and oxygen atoms in total. The summed E-state index contributed by atoms with van der Waals surface area (Å²) >= 11 is 11.9. The second-order valence-corrected chi connectivity index (χ2v) is 5.70. The summed E-state index contributed by atoms with van der Waals surface area (Å²) in [6.07, 6.45) is 0. The number of ether oxygens (including phenoxy) is 1. The highest BCUT2D eigenvalue weighted by atomic mass is 35.5. The van der Waals surface area contributed by atoms with Crippen LogP contribution < -0.4 is 10.5 Å². The number of fused-ring (bicyclic) bond motifs is 1. The number of hydrogen-bond donors (Lipinski definition) is 0. The zero-order valence-corrected chi connectivity index (χ0v) is 13.6. The van der Waals surface area contributed by atoms with Gasteiger partial charge in [0.2, 0.25) is 0 Å². The van der Waals surface area contributed by atoms with E-state index in [1.165, 1.54) is 22.8 Å². The Bertz CT molecular complexity index is 980. The zero-order valence-electron chi connectivity index (χ0n) is 12.1. The van der Waals surface area contributed by atoms with Crippen LogP contribution in [0.25, 0.3) is 11.1 Å². The first-order valence-electron chi connectivity index (χ1n) is 6.81. The summed E-state index contributed by atoms with van der Waals surface area (Å²) in [7, 11) is 0. The lowest BCUT2D eigenvalue weighted by Crippen LogP contribution is -2.18. The lowest BCUT2D eigenvalue weighted by molar-refractivity contribution is -0.384. The fourth-order valence-electron chi connectivity index (χ4n) is 2.21. The highest BCUT2D eigenvalue weighted by Gasteiger charge is 2.14. The maximum atomic E-state index is 11.9. The molecule has 2 aromatic carbocycles. The average molecular weight is 369 g/mol. The molecule has 3 aromatic rings. The molecule has 3 rings (SSSR count). The van der Waals surface area contributed by atoms with Gasteiger partial charge in [0.1, 0.15) is 12.4 Å². The SMILES string of the molecule is O=c1oc2ccc([N+](=O)[O-])cc2n1CCOc1cc(Cl)ccc1Cl. The number of nitrogens with zero attached hydrogens (tertiary/aromatic N) is 2. The molecule has 0 spiro atoms. The first-order valence-corrected chi connectivity index (χ1v) is 7.57. The van der Waals surface area contributed by atoms with E-state index in [1.54, 1.807) is 18.2 Å². The molecule has 124 valence electrons. The van der Waals surface area contributed by atoms with Crippen LogP contribution in [0.3, 0.4) is 0 Å². The number of nitro groups is 1. The number of aromatic nitrogens is 1. The number of non-ortho nitro benzene ring substituents is 1. The van der Waals surface area contributed by atoms with Gasteiger partial charge in [-0.15, -0.1) is 0 Å². The first kappa shape index (κ1) is 16.4. The van der Waals surface area contributed by atoms with Crippen molar-refractivity contribution in [2.75, 3.05) is 6.61 Å². The molecule has 0 aliphatic rings. The van der Waals surface area contributed by atoms with Crippen LogP contribution in [0.5, 0.6) is 5.75 Å². The van der Waals surface area contributed by atoms with E-state index in [2.05, 4.69) is 0 Å². The summed E-state index contributed by atoms with van der Waals surface area (Å²) in [4.78, 5) is 22.2. The van der Waals surface area contributed by atoms with Crippen LogP contribution in [0.15, 0.2) is 45.6 Å². The number of oxazole rings is 1. The number of hydrogen-bond acceptors (Lipinski definition) is 5. The van der Waals surface area contributed by atoms with Gasteiger partial charge in [0.25, 0.3) is 5.69 Å². The van der Waals surface area contributed by atoms with Crippen LogP contribution in [0, 0.1) is 10.1 Å². The Morgan fingerprint density at radius 1 is 1.21 bits per heavy atom. The molecule has 9 heteroatoms. The van der Waals surface area contributed by atoms with E-state index in [4.69, 9.17) is 32.4 Å². The molecule has 0 atom stereocenters. The zero-order chi connectivity index (χ0) is 17.3. The Kier molecular flexibility index (Phi) is 4.46. The molecule has 1 aromatic heterocycles. The van der Waals surface area contributed by atoms with E-state index in [-0.39, 0.29) is 24.4 Å². The number of nitro benzene ring substituents is 1. The largest absolute Gasteiger partial charge is 0.490 e. The predicted octanol–water partition coefficient (Wildman–Crippen LogP) is 3.89. The Morgan fingerprint density at radius 3 is 2.75 bits per heavy atom. The molecule has 0 bridgehead atoms. The van der Waals surface area contributed by atoms with E-state index < -0.39 is 10.7 Å². The molecular formula is C15H10Cl2N2O5. The van der Waals surface area contributed by atoms with Gasteiger partial charge in [0, 0.05) is 23.2 Å². The summed E-state index contributed by atoms with van der Waals surface area (Å²) < 4.78 is 11.8. The Balaban J connectivity index is 1.83. The summed E-state index contributed by atoms with van der Waals surface area (Å²) in [6.45, 7) is 0.243. The molecule has 0 N–H and O–H groups in total. The number of benzene rings is 2. The maximum absolute atomic E-state index is 11.9. The van der Waals surface area contributed by atoms with Crippen molar-refractivity contribution < 1.29 is 14.1 Å². The minimum absolute atomic E-state index is 0.108. The van der Waals surface area contributed by atoms with Gasteiger partial charge < -0.3 is 9.15 Å². The second kappa shape index (κ2) is 6.54. The summed E-state index contributed by atoms with van der Waals surface area (Å²) in [6, 6.07) is 8.74. The third-order valence-corrected chi connectivity index (χ3v) is 3.87. The van der Waals surface area contributed by atoms with E-state index in [0.29, 0.717) is 21.3 Å². The van der Waals surface area contributed by atoms with Crippen molar-refractivity contribution in [3.8, 4) is 5.75 Å².